The fourth-order valence-corrected chi connectivity index (χ4v) is 3.37. The summed E-state index contributed by atoms with van der Waals surface area (Å²) in [5.74, 6) is 2.06. The van der Waals surface area contributed by atoms with Gasteiger partial charge in [0.15, 0.2) is 5.76 Å². The number of carbonyl (C=O) groups is 1. The Morgan fingerprint density at radius 3 is 2.64 bits per heavy atom. The number of hydrogen-bond acceptors (Lipinski definition) is 4. The van der Waals surface area contributed by atoms with E-state index in [1.165, 1.54) is 0 Å². The Labute approximate surface area is 171 Å². The average Bonchev–Trinajstić information content (AvgIpc) is 3.03. The van der Waals surface area contributed by atoms with Gasteiger partial charge in [-0.15, -0.1) is 0 Å². The summed E-state index contributed by atoms with van der Waals surface area (Å²) >= 11 is 3.48. The predicted octanol–water partition coefficient (Wildman–Crippen LogP) is 5.65. The smallest absolute Gasteiger partial charge is 0.231 e. The first-order chi connectivity index (χ1) is 13.7. The molecule has 140 valence electrons. The second-order valence-electron chi connectivity index (χ2n) is 6.22. The van der Waals surface area contributed by atoms with Crippen molar-refractivity contribution in [3.63, 3.8) is 0 Å². The maximum absolute atomic E-state index is 12.6. The number of benzene rings is 3. The molecule has 0 N–H and O–H groups in total. The van der Waals surface area contributed by atoms with E-state index < -0.39 is 0 Å². The second-order valence-corrected chi connectivity index (χ2v) is 7.07. The molecular weight excluding hydrogens is 420 g/mol. The van der Waals surface area contributed by atoms with Crippen molar-refractivity contribution in [1.82, 2.24) is 0 Å². The largest absolute Gasteiger partial charge is 0.496 e. The molecule has 5 heteroatoms. The van der Waals surface area contributed by atoms with Crippen molar-refractivity contribution >= 4 is 27.8 Å². The van der Waals surface area contributed by atoms with Crippen LogP contribution in [0.25, 0.3) is 6.08 Å². The van der Waals surface area contributed by atoms with Gasteiger partial charge in [0.2, 0.25) is 5.78 Å². The molecule has 0 spiro atoms. The number of hydrogen-bond donors (Lipinski definition) is 0. The second kappa shape index (κ2) is 7.90. The number of carbonyl (C=O) groups excluding carboxylic acids is 1. The Hall–Kier alpha value is -3.05. The van der Waals surface area contributed by atoms with E-state index >= 15 is 0 Å². The first-order valence-corrected chi connectivity index (χ1v) is 9.52. The van der Waals surface area contributed by atoms with Crippen LogP contribution in [-0.4, -0.2) is 12.9 Å². The van der Waals surface area contributed by atoms with Gasteiger partial charge < -0.3 is 14.2 Å². The quantitative estimate of drug-likeness (QED) is 0.484. The van der Waals surface area contributed by atoms with Gasteiger partial charge in [-0.2, -0.15) is 0 Å². The van der Waals surface area contributed by atoms with Crippen molar-refractivity contribution in [2.24, 2.45) is 0 Å². The summed E-state index contributed by atoms with van der Waals surface area (Å²) in [6, 6.07) is 20.6. The van der Waals surface area contributed by atoms with Gasteiger partial charge >= 0.3 is 0 Å². The van der Waals surface area contributed by atoms with Crippen LogP contribution in [0.2, 0.25) is 0 Å². The van der Waals surface area contributed by atoms with Gasteiger partial charge in [-0.25, -0.2) is 0 Å². The van der Waals surface area contributed by atoms with E-state index in [-0.39, 0.29) is 5.78 Å². The molecule has 0 aromatic heterocycles. The maximum atomic E-state index is 12.6. The van der Waals surface area contributed by atoms with Crippen molar-refractivity contribution in [3.8, 4) is 17.2 Å². The minimum absolute atomic E-state index is 0.137. The molecule has 0 saturated carbocycles. The van der Waals surface area contributed by atoms with Crippen molar-refractivity contribution in [1.29, 1.82) is 0 Å². The highest BCUT2D eigenvalue weighted by atomic mass is 79.9. The summed E-state index contributed by atoms with van der Waals surface area (Å²) in [5, 5.41) is 0. The SMILES string of the molecule is COc1ccccc1COc1ccc2c(c1)O/C(=C\c1ccccc1Br)C2=O. The molecular formula is C23H17BrO4. The Morgan fingerprint density at radius 1 is 1.04 bits per heavy atom. The van der Waals surface area contributed by atoms with Crippen LogP contribution >= 0.6 is 15.9 Å². The monoisotopic (exact) mass is 436 g/mol. The zero-order valence-corrected chi connectivity index (χ0v) is 16.7. The van der Waals surface area contributed by atoms with Crippen molar-refractivity contribution < 1.29 is 19.0 Å². The molecule has 0 radical (unpaired) electrons. The van der Waals surface area contributed by atoms with Crippen LogP contribution < -0.4 is 14.2 Å². The van der Waals surface area contributed by atoms with E-state index in [1.54, 1.807) is 31.4 Å². The van der Waals surface area contributed by atoms with Crippen molar-refractivity contribution in [3.05, 3.63) is 93.7 Å². The van der Waals surface area contributed by atoms with Crippen LogP contribution in [0.15, 0.2) is 77.0 Å². The third kappa shape index (κ3) is 3.66. The third-order valence-corrected chi connectivity index (χ3v) is 5.14. The lowest BCUT2D eigenvalue weighted by molar-refractivity contribution is 0.101. The molecule has 0 bridgehead atoms. The molecule has 1 aliphatic rings. The number of fused-ring (bicyclic) bond motifs is 1. The highest BCUT2D eigenvalue weighted by Gasteiger charge is 2.28. The first-order valence-electron chi connectivity index (χ1n) is 8.73. The van der Waals surface area contributed by atoms with E-state index in [9.17, 15) is 4.79 Å². The Balaban J connectivity index is 1.53. The van der Waals surface area contributed by atoms with Gasteiger partial charge in [-0.3, -0.25) is 4.79 Å². The molecule has 4 rings (SSSR count). The summed E-state index contributed by atoms with van der Waals surface area (Å²) < 4.78 is 17.9. The standard InChI is InChI=1S/C23H17BrO4/c1-26-20-9-5-3-7-16(20)14-27-17-10-11-18-21(13-17)28-22(23(18)25)12-15-6-2-4-8-19(15)24/h2-13H,14H2,1H3/b22-12-. The molecule has 0 atom stereocenters. The van der Waals surface area contributed by atoms with E-state index in [0.717, 1.165) is 21.3 Å². The number of para-hydroxylation sites is 1. The summed E-state index contributed by atoms with van der Waals surface area (Å²) in [6.45, 7) is 0.358. The predicted molar refractivity (Wildman–Crippen MR) is 111 cm³/mol. The summed E-state index contributed by atoms with van der Waals surface area (Å²) in [4.78, 5) is 12.6. The minimum Gasteiger partial charge on any atom is -0.496 e. The molecule has 3 aromatic rings. The van der Waals surface area contributed by atoms with Gasteiger partial charge in [0.25, 0.3) is 0 Å². The molecule has 3 aromatic carbocycles. The minimum atomic E-state index is -0.137. The molecule has 0 amide bonds. The van der Waals surface area contributed by atoms with Crippen LogP contribution in [-0.2, 0) is 6.61 Å². The lowest BCUT2D eigenvalue weighted by Crippen LogP contribution is -1.99. The number of halogens is 1. The lowest BCUT2D eigenvalue weighted by Gasteiger charge is -2.10. The lowest BCUT2D eigenvalue weighted by atomic mass is 10.1. The molecule has 0 saturated heterocycles. The summed E-state index contributed by atoms with van der Waals surface area (Å²) in [5.41, 5.74) is 2.35. The number of Topliss-reactive ketones (excluding diaryl/α,β-unsaturated/α-hetero) is 1. The fraction of sp³-hybridized carbons (Fsp3) is 0.0870. The van der Waals surface area contributed by atoms with Crippen molar-refractivity contribution in [2.75, 3.05) is 7.11 Å². The van der Waals surface area contributed by atoms with Gasteiger partial charge in [-0.1, -0.05) is 52.3 Å². The highest BCUT2D eigenvalue weighted by Crippen LogP contribution is 2.35. The Kier molecular flexibility index (Phi) is 5.17. The van der Waals surface area contributed by atoms with E-state index in [0.29, 0.717) is 29.4 Å². The molecule has 1 aliphatic heterocycles. The average molecular weight is 437 g/mol. The van der Waals surface area contributed by atoms with Gasteiger partial charge in [-0.05, 0) is 35.9 Å². The summed E-state index contributed by atoms with van der Waals surface area (Å²) in [6.07, 6.45) is 1.74. The number of rotatable bonds is 5. The number of ketones is 1. The van der Waals surface area contributed by atoms with Crippen LogP contribution in [0.3, 0.4) is 0 Å². The molecule has 0 fully saturated rings. The molecule has 1 heterocycles. The van der Waals surface area contributed by atoms with Crippen LogP contribution in [0.1, 0.15) is 21.5 Å². The Bertz CT molecular complexity index is 1070. The normalized spacial score (nSPS) is 13.9. The van der Waals surface area contributed by atoms with Gasteiger partial charge in [0.1, 0.15) is 23.9 Å². The molecule has 0 aliphatic carbocycles. The van der Waals surface area contributed by atoms with Gasteiger partial charge in [0, 0.05) is 16.1 Å². The van der Waals surface area contributed by atoms with Crippen LogP contribution in [0, 0.1) is 0 Å². The van der Waals surface area contributed by atoms with Gasteiger partial charge in [0.05, 0.1) is 12.7 Å². The highest BCUT2D eigenvalue weighted by molar-refractivity contribution is 9.10. The number of ether oxygens (including phenoxy) is 3. The number of methoxy groups -OCH3 is 1. The fourth-order valence-electron chi connectivity index (χ4n) is 2.97. The van der Waals surface area contributed by atoms with E-state index in [2.05, 4.69) is 15.9 Å². The van der Waals surface area contributed by atoms with Crippen molar-refractivity contribution in [2.45, 2.75) is 6.61 Å². The zero-order chi connectivity index (χ0) is 19.5. The van der Waals surface area contributed by atoms with E-state index in [1.807, 2.05) is 48.5 Å². The summed E-state index contributed by atoms with van der Waals surface area (Å²) in [7, 11) is 1.63. The maximum Gasteiger partial charge on any atom is 0.231 e. The number of allylic oxidation sites excluding steroid dienone is 1. The van der Waals surface area contributed by atoms with E-state index in [4.69, 9.17) is 14.2 Å². The topological polar surface area (TPSA) is 44.8 Å². The first kappa shape index (κ1) is 18.3. The Morgan fingerprint density at radius 2 is 1.82 bits per heavy atom. The molecule has 4 nitrogen and oxygen atoms in total. The van der Waals surface area contributed by atoms with Crippen LogP contribution in [0.4, 0.5) is 0 Å². The zero-order valence-electron chi connectivity index (χ0n) is 15.1. The molecule has 0 unspecified atom stereocenters. The third-order valence-electron chi connectivity index (χ3n) is 4.42. The van der Waals surface area contributed by atoms with Crippen LogP contribution in [0.5, 0.6) is 17.2 Å². The molecule has 28 heavy (non-hydrogen) atoms.